The first kappa shape index (κ1) is 15.4. The normalized spacial score (nSPS) is 11.3. The zero-order valence-corrected chi connectivity index (χ0v) is 12.1. The predicted molar refractivity (Wildman–Crippen MR) is 76.4 cm³/mol. The van der Waals surface area contributed by atoms with Crippen molar-refractivity contribution in [2.75, 3.05) is 0 Å². The Bertz CT molecular complexity index is 765. The van der Waals surface area contributed by atoms with Crippen molar-refractivity contribution in [3.63, 3.8) is 0 Å². The zero-order chi connectivity index (χ0) is 15.5. The molecule has 0 radical (unpaired) electrons. The average Bonchev–Trinajstić information content (AvgIpc) is 2.46. The zero-order valence-electron chi connectivity index (χ0n) is 10.6. The van der Waals surface area contributed by atoms with Crippen LogP contribution >= 0.6 is 11.6 Å². The lowest BCUT2D eigenvalue weighted by Gasteiger charge is -2.06. The van der Waals surface area contributed by atoms with Gasteiger partial charge in [0.15, 0.2) is 0 Å². The molecule has 0 amide bonds. The molecule has 0 atom stereocenters. The van der Waals surface area contributed by atoms with Gasteiger partial charge < -0.3 is 0 Å². The van der Waals surface area contributed by atoms with E-state index in [0.717, 1.165) is 6.07 Å². The van der Waals surface area contributed by atoms with Gasteiger partial charge in [0.2, 0.25) is 10.0 Å². The summed E-state index contributed by atoms with van der Waals surface area (Å²) in [5.41, 5.74) is 0.0712. The van der Waals surface area contributed by atoms with Gasteiger partial charge in [-0.2, -0.15) is 0 Å². The standard InChI is InChI=1S/C12H10ClN3O4S/c13-11-5-4-10(7-12(11)16(17)18)21(19,20)15-8-9-3-1-2-6-14-9/h1-7,15H,8H2. The summed E-state index contributed by atoms with van der Waals surface area (Å²) < 4.78 is 26.5. The second-order valence-corrected chi connectivity index (χ2v) is 6.19. The second-order valence-electron chi connectivity index (χ2n) is 4.02. The van der Waals surface area contributed by atoms with Crippen LogP contribution in [0.15, 0.2) is 47.5 Å². The summed E-state index contributed by atoms with van der Waals surface area (Å²) in [6, 6.07) is 8.39. The van der Waals surface area contributed by atoms with Crippen molar-refractivity contribution in [3.8, 4) is 0 Å². The topological polar surface area (TPSA) is 102 Å². The maximum Gasteiger partial charge on any atom is 0.289 e. The minimum absolute atomic E-state index is 0.0143. The number of pyridine rings is 1. The van der Waals surface area contributed by atoms with Crippen LogP contribution in [0.5, 0.6) is 0 Å². The highest BCUT2D eigenvalue weighted by molar-refractivity contribution is 7.89. The molecule has 2 aromatic rings. The smallest absolute Gasteiger partial charge is 0.260 e. The van der Waals surface area contributed by atoms with E-state index < -0.39 is 20.6 Å². The van der Waals surface area contributed by atoms with E-state index in [1.807, 2.05) is 0 Å². The number of aromatic nitrogens is 1. The number of benzene rings is 1. The lowest BCUT2D eigenvalue weighted by molar-refractivity contribution is -0.384. The minimum atomic E-state index is -3.88. The van der Waals surface area contributed by atoms with Gasteiger partial charge in [-0.05, 0) is 24.3 Å². The van der Waals surface area contributed by atoms with Gasteiger partial charge in [-0.25, -0.2) is 13.1 Å². The molecule has 110 valence electrons. The minimum Gasteiger partial charge on any atom is -0.260 e. The molecule has 1 heterocycles. The molecule has 1 aromatic heterocycles. The predicted octanol–water partition coefficient (Wildman–Crippen LogP) is 2.12. The molecule has 0 aliphatic rings. The highest BCUT2D eigenvalue weighted by atomic mass is 35.5. The number of rotatable bonds is 5. The van der Waals surface area contributed by atoms with E-state index in [9.17, 15) is 18.5 Å². The quantitative estimate of drug-likeness (QED) is 0.669. The van der Waals surface area contributed by atoms with Crippen molar-refractivity contribution >= 4 is 27.3 Å². The Morgan fingerprint density at radius 2 is 2.05 bits per heavy atom. The fourth-order valence-corrected chi connectivity index (χ4v) is 2.76. The fraction of sp³-hybridized carbons (Fsp3) is 0.0833. The molecule has 21 heavy (non-hydrogen) atoms. The first-order chi connectivity index (χ1) is 9.90. The number of halogens is 1. The van der Waals surface area contributed by atoms with Crippen LogP contribution in [0.2, 0.25) is 5.02 Å². The van der Waals surface area contributed by atoms with Gasteiger partial charge in [0.25, 0.3) is 5.69 Å². The molecule has 0 aliphatic heterocycles. The van der Waals surface area contributed by atoms with Crippen LogP contribution in [0.25, 0.3) is 0 Å². The SMILES string of the molecule is O=[N+]([O-])c1cc(S(=O)(=O)NCc2ccccn2)ccc1Cl. The summed E-state index contributed by atoms with van der Waals surface area (Å²) >= 11 is 5.65. The maximum atomic E-state index is 12.1. The fourth-order valence-electron chi connectivity index (χ4n) is 1.55. The summed E-state index contributed by atoms with van der Waals surface area (Å²) in [4.78, 5) is 13.8. The van der Waals surface area contributed by atoms with Crippen LogP contribution in [0.4, 0.5) is 5.69 Å². The highest BCUT2D eigenvalue weighted by Crippen LogP contribution is 2.26. The van der Waals surface area contributed by atoms with E-state index in [0.29, 0.717) is 5.69 Å². The van der Waals surface area contributed by atoms with Crippen LogP contribution in [-0.2, 0) is 16.6 Å². The highest BCUT2D eigenvalue weighted by Gasteiger charge is 2.20. The molecule has 1 N–H and O–H groups in total. The van der Waals surface area contributed by atoms with Gasteiger partial charge in [0.1, 0.15) is 5.02 Å². The Labute approximate surface area is 125 Å². The van der Waals surface area contributed by atoms with E-state index in [2.05, 4.69) is 9.71 Å². The van der Waals surface area contributed by atoms with Crippen molar-refractivity contribution in [1.29, 1.82) is 0 Å². The molecular weight excluding hydrogens is 318 g/mol. The van der Waals surface area contributed by atoms with Crippen LogP contribution in [-0.4, -0.2) is 18.3 Å². The van der Waals surface area contributed by atoms with Crippen LogP contribution in [0.3, 0.4) is 0 Å². The Hall–Kier alpha value is -2.03. The summed E-state index contributed by atoms with van der Waals surface area (Å²) in [5.74, 6) is 0. The first-order valence-electron chi connectivity index (χ1n) is 5.73. The van der Waals surface area contributed by atoms with E-state index in [4.69, 9.17) is 11.6 Å². The van der Waals surface area contributed by atoms with Gasteiger partial charge >= 0.3 is 0 Å². The Morgan fingerprint density at radius 1 is 1.29 bits per heavy atom. The Balaban J connectivity index is 2.24. The monoisotopic (exact) mass is 327 g/mol. The van der Waals surface area contributed by atoms with Crippen LogP contribution in [0, 0.1) is 10.1 Å². The molecule has 0 fully saturated rings. The van der Waals surface area contributed by atoms with Crippen molar-refractivity contribution in [2.24, 2.45) is 0 Å². The van der Waals surface area contributed by atoms with Gasteiger partial charge in [-0.15, -0.1) is 0 Å². The second kappa shape index (κ2) is 6.17. The summed E-state index contributed by atoms with van der Waals surface area (Å²) in [7, 11) is -3.88. The molecule has 0 spiro atoms. The summed E-state index contributed by atoms with van der Waals surface area (Å²) in [5, 5.41) is 10.7. The van der Waals surface area contributed by atoms with E-state index in [-0.39, 0.29) is 16.5 Å². The maximum absolute atomic E-state index is 12.1. The molecule has 9 heteroatoms. The van der Waals surface area contributed by atoms with Crippen LogP contribution < -0.4 is 4.72 Å². The molecule has 2 rings (SSSR count). The number of nitrogens with zero attached hydrogens (tertiary/aromatic N) is 2. The van der Waals surface area contributed by atoms with Crippen molar-refractivity contribution in [2.45, 2.75) is 11.4 Å². The van der Waals surface area contributed by atoms with Gasteiger partial charge in [0, 0.05) is 12.3 Å². The molecular formula is C12H10ClN3O4S. The van der Waals surface area contributed by atoms with E-state index >= 15 is 0 Å². The number of hydrogen-bond donors (Lipinski definition) is 1. The number of sulfonamides is 1. The molecule has 1 aromatic carbocycles. The average molecular weight is 328 g/mol. The third-order valence-electron chi connectivity index (χ3n) is 2.59. The third kappa shape index (κ3) is 3.75. The Kier molecular flexibility index (Phi) is 4.51. The van der Waals surface area contributed by atoms with E-state index in [1.54, 1.807) is 18.2 Å². The third-order valence-corrected chi connectivity index (χ3v) is 4.31. The summed E-state index contributed by atoms with van der Waals surface area (Å²) in [6.07, 6.45) is 1.54. The number of nitro groups is 1. The largest absolute Gasteiger partial charge is 0.289 e. The van der Waals surface area contributed by atoms with Crippen molar-refractivity contribution in [3.05, 3.63) is 63.4 Å². The molecule has 0 saturated carbocycles. The Morgan fingerprint density at radius 3 is 2.67 bits per heavy atom. The van der Waals surface area contributed by atoms with Gasteiger partial charge in [-0.3, -0.25) is 15.1 Å². The first-order valence-corrected chi connectivity index (χ1v) is 7.60. The van der Waals surface area contributed by atoms with Crippen molar-refractivity contribution < 1.29 is 13.3 Å². The lowest BCUT2D eigenvalue weighted by atomic mass is 10.3. The molecule has 0 aliphatic carbocycles. The van der Waals surface area contributed by atoms with E-state index in [1.165, 1.54) is 18.3 Å². The lowest BCUT2D eigenvalue weighted by Crippen LogP contribution is -2.23. The molecule has 0 unspecified atom stereocenters. The number of hydrogen-bond acceptors (Lipinski definition) is 5. The van der Waals surface area contributed by atoms with Crippen LogP contribution in [0.1, 0.15) is 5.69 Å². The van der Waals surface area contributed by atoms with Crippen molar-refractivity contribution in [1.82, 2.24) is 9.71 Å². The number of nitro benzene ring substituents is 1. The van der Waals surface area contributed by atoms with Gasteiger partial charge in [0.05, 0.1) is 22.1 Å². The summed E-state index contributed by atoms with van der Waals surface area (Å²) in [6.45, 7) is -0.0143. The molecule has 0 bridgehead atoms. The van der Waals surface area contributed by atoms with Gasteiger partial charge in [-0.1, -0.05) is 17.7 Å². The molecule has 7 nitrogen and oxygen atoms in total. The number of nitrogens with one attached hydrogen (secondary N) is 1. The molecule has 0 saturated heterocycles.